The van der Waals surface area contributed by atoms with Gasteiger partial charge in [0.2, 0.25) is 0 Å². The number of hydrogen-bond acceptors (Lipinski definition) is 3. The van der Waals surface area contributed by atoms with E-state index in [0.29, 0.717) is 16.1 Å². The molecule has 0 radical (unpaired) electrons. The van der Waals surface area contributed by atoms with Crippen molar-refractivity contribution in [1.82, 2.24) is 9.97 Å². The fourth-order valence-electron chi connectivity index (χ4n) is 2.13. The molecule has 19 heavy (non-hydrogen) atoms. The summed E-state index contributed by atoms with van der Waals surface area (Å²) in [6, 6.07) is 9.73. The van der Waals surface area contributed by atoms with Crippen molar-refractivity contribution in [3.05, 3.63) is 45.9 Å². The maximum Gasteiger partial charge on any atom is 0.133 e. The number of nitrogens with one attached hydrogen (secondary N) is 1. The smallest absolute Gasteiger partial charge is 0.133 e. The van der Waals surface area contributed by atoms with Crippen molar-refractivity contribution >= 4 is 12.2 Å². The summed E-state index contributed by atoms with van der Waals surface area (Å²) >= 11 is 5.34. The summed E-state index contributed by atoms with van der Waals surface area (Å²) < 4.78 is 0.651. The summed E-state index contributed by atoms with van der Waals surface area (Å²) in [4.78, 5) is 7.85. The van der Waals surface area contributed by atoms with E-state index in [0.717, 1.165) is 22.6 Å². The highest BCUT2D eigenvalue weighted by atomic mass is 32.1. The average Bonchev–Trinajstić information content (AvgIpc) is 3.26. The van der Waals surface area contributed by atoms with Crippen molar-refractivity contribution in [1.29, 1.82) is 5.26 Å². The molecule has 0 aliphatic heterocycles. The van der Waals surface area contributed by atoms with Gasteiger partial charge < -0.3 is 4.98 Å². The molecule has 1 heterocycles. The van der Waals surface area contributed by atoms with Gasteiger partial charge in [-0.1, -0.05) is 24.4 Å². The van der Waals surface area contributed by atoms with E-state index >= 15 is 0 Å². The summed E-state index contributed by atoms with van der Waals surface area (Å²) in [5.41, 5.74) is 3.60. The van der Waals surface area contributed by atoms with E-state index in [-0.39, 0.29) is 0 Å². The largest absolute Gasteiger partial charge is 0.343 e. The lowest BCUT2D eigenvalue weighted by atomic mass is 10.1. The van der Waals surface area contributed by atoms with Crippen LogP contribution in [0.4, 0.5) is 0 Å². The van der Waals surface area contributed by atoms with Crippen molar-refractivity contribution in [2.45, 2.75) is 25.7 Å². The van der Waals surface area contributed by atoms with Gasteiger partial charge in [0, 0.05) is 11.5 Å². The van der Waals surface area contributed by atoms with Crippen LogP contribution in [0.2, 0.25) is 0 Å². The van der Waals surface area contributed by atoms with Gasteiger partial charge in [0.15, 0.2) is 0 Å². The molecule has 1 aliphatic carbocycles. The van der Waals surface area contributed by atoms with Crippen LogP contribution >= 0.6 is 12.2 Å². The minimum atomic E-state index is 0.528. The van der Waals surface area contributed by atoms with Gasteiger partial charge in [0.1, 0.15) is 10.5 Å². The van der Waals surface area contributed by atoms with Gasteiger partial charge >= 0.3 is 0 Å². The fraction of sp³-hybridized carbons (Fsp3) is 0.267. The normalized spacial score (nSPS) is 14.1. The first kappa shape index (κ1) is 12.1. The molecule has 0 bridgehead atoms. The van der Waals surface area contributed by atoms with Crippen LogP contribution in [0.3, 0.4) is 0 Å². The number of nitrogens with zero attached hydrogens (tertiary/aromatic N) is 2. The standard InChI is InChI=1S/C15H13N3S/c1-9-13(12-4-2-3-10(7-12)8-16)17-14(11-5-6-11)18-15(9)19/h2-4,7,11H,5-6H2,1H3,(H,17,18,19). The van der Waals surface area contributed by atoms with Crippen LogP contribution in [0.5, 0.6) is 0 Å². The predicted octanol–water partition coefficient (Wildman–Crippen LogP) is 3.86. The molecule has 0 amide bonds. The van der Waals surface area contributed by atoms with Crippen molar-refractivity contribution in [3.63, 3.8) is 0 Å². The zero-order valence-electron chi connectivity index (χ0n) is 10.6. The molecule has 1 fully saturated rings. The summed E-state index contributed by atoms with van der Waals surface area (Å²) in [5.74, 6) is 1.51. The highest BCUT2D eigenvalue weighted by Crippen LogP contribution is 2.39. The van der Waals surface area contributed by atoms with Crippen LogP contribution in [0, 0.1) is 22.9 Å². The lowest BCUT2D eigenvalue weighted by Crippen LogP contribution is -1.99. The van der Waals surface area contributed by atoms with E-state index in [1.807, 2.05) is 25.1 Å². The molecule has 2 aromatic rings. The molecule has 4 heteroatoms. The van der Waals surface area contributed by atoms with Crippen molar-refractivity contribution in [3.8, 4) is 17.3 Å². The van der Waals surface area contributed by atoms with E-state index in [4.69, 9.17) is 17.5 Å². The maximum atomic E-state index is 8.99. The van der Waals surface area contributed by atoms with Gasteiger partial charge in [-0.05, 0) is 37.5 Å². The summed E-state index contributed by atoms with van der Waals surface area (Å²) in [6.07, 6.45) is 2.36. The first-order valence-electron chi connectivity index (χ1n) is 6.30. The second kappa shape index (κ2) is 4.60. The van der Waals surface area contributed by atoms with E-state index < -0.39 is 0 Å². The number of hydrogen-bond donors (Lipinski definition) is 1. The van der Waals surface area contributed by atoms with Crippen molar-refractivity contribution in [2.24, 2.45) is 0 Å². The molecule has 0 atom stereocenters. The van der Waals surface area contributed by atoms with Crippen LogP contribution in [0.15, 0.2) is 24.3 Å². The fourth-order valence-corrected chi connectivity index (χ4v) is 2.33. The second-order valence-electron chi connectivity index (χ2n) is 4.89. The van der Waals surface area contributed by atoms with Crippen molar-refractivity contribution < 1.29 is 0 Å². The molecular formula is C15H13N3S. The number of aromatic amines is 1. The third kappa shape index (κ3) is 2.29. The summed E-state index contributed by atoms with van der Waals surface area (Å²) in [6.45, 7) is 1.97. The first-order chi connectivity index (χ1) is 9.19. The second-order valence-corrected chi connectivity index (χ2v) is 5.28. The van der Waals surface area contributed by atoms with Crippen molar-refractivity contribution in [2.75, 3.05) is 0 Å². The Morgan fingerprint density at radius 2 is 2.21 bits per heavy atom. The Labute approximate surface area is 116 Å². The van der Waals surface area contributed by atoms with Crippen LogP contribution < -0.4 is 0 Å². The predicted molar refractivity (Wildman–Crippen MR) is 76.3 cm³/mol. The Balaban J connectivity index is 2.18. The highest BCUT2D eigenvalue weighted by molar-refractivity contribution is 7.71. The number of rotatable bonds is 2. The van der Waals surface area contributed by atoms with Gasteiger partial charge in [0.05, 0.1) is 17.3 Å². The molecule has 0 unspecified atom stereocenters. The maximum absolute atomic E-state index is 8.99. The summed E-state index contributed by atoms with van der Waals surface area (Å²) in [7, 11) is 0. The topological polar surface area (TPSA) is 52.5 Å². The molecule has 1 saturated carbocycles. The number of nitriles is 1. The molecule has 1 aliphatic rings. The Morgan fingerprint density at radius 3 is 2.89 bits per heavy atom. The highest BCUT2D eigenvalue weighted by Gasteiger charge is 2.26. The van der Waals surface area contributed by atoms with E-state index in [2.05, 4.69) is 16.0 Å². The van der Waals surface area contributed by atoms with Gasteiger partial charge in [-0.25, -0.2) is 4.98 Å². The lowest BCUT2D eigenvalue weighted by molar-refractivity contribution is 0.914. The zero-order chi connectivity index (χ0) is 13.4. The molecule has 1 aromatic heterocycles. The quantitative estimate of drug-likeness (QED) is 0.840. The minimum absolute atomic E-state index is 0.528. The number of aromatic nitrogens is 2. The Kier molecular flexibility index (Phi) is 2.92. The number of H-pyrrole nitrogens is 1. The minimum Gasteiger partial charge on any atom is -0.343 e. The lowest BCUT2D eigenvalue weighted by Gasteiger charge is -2.09. The monoisotopic (exact) mass is 267 g/mol. The van der Waals surface area contributed by atoms with Gasteiger partial charge in [-0.2, -0.15) is 5.26 Å². The van der Waals surface area contributed by atoms with Crippen LogP contribution in [-0.2, 0) is 0 Å². The Hall–Kier alpha value is -1.99. The third-order valence-electron chi connectivity index (χ3n) is 3.42. The molecule has 94 valence electrons. The molecular weight excluding hydrogens is 254 g/mol. The third-order valence-corrected chi connectivity index (χ3v) is 3.81. The van der Waals surface area contributed by atoms with Gasteiger partial charge in [-0.3, -0.25) is 0 Å². The number of benzene rings is 1. The average molecular weight is 267 g/mol. The molecule has 0 spiro atoms. The molecule has 3 rings (SSSR count). The Bertz CT molecular complexity index is 736. The Morgan fingerprint density at radius 1 is 1.42 bits per heavy atom. The SMILES string of the molecule is Cc1c(-c2cccc(C#N)c2)[nH]c(C2CC2)nc1=S. The molecule has 1 N–H and O–H groups in total. The van der Waals surface area contributed by atoms with Gasteiger partial charge in [-0.15, -0.1) is 0 Å². The van der Waals surface area contributed by atoms with E-state index in [9.17, 15) is 0 Å². The first-order valence-corrected chi connectivity index (χ1v) is 6.71. The summed E-state index contributed by atoms with van der Waals surface area (Å²) in [5, 5.41) is 8.99. The zero-order valence-corrected chi connectivity index (χ0v) is 11.4. The van der Waals surface area contributed by atoms with E-state index in [1.165, 1.54) is 12.8 Å². The molecule has 3 nitrogen and oxygen atoms in total. The van der Waals surface area contributed by atoms with Crippen LogP contribution in [0.25, 0.3) is 11.3 Å². The van der Waals surface area contributed by atoms with Gasteiger partial charge in [0.25, 0.3) is 0 Å². The molecule has 1 aromatic carbocycles. The molecule has 0 saturated heterocycles. The van der Waals surface area contributed by atoms with Crippen LogP contribution in [0.1, 0.15) is 35.7 Å². The van der Waals surface area contributed by atoms with E-state index in [1.54, 1.807) is 6.07 Å². The van der Waals surface area contributed by atoms with Crippen LogP contribution in [-0.4, -0.2) is 9.97 Å².